The van der Waals surface area contributed by atoms with Gasteiger partial charge in [-0.15, -0.1) is 0 Å². The van der Waals surface area contributed by atoms with Crippen LogP contribution in [0.15, 0.2) is 12.1 Å². The van der Waals surface area contributed by atoms with Crippen molar-refractivity contribution in [1.29, 1.82) is 0 Å². The van der Waals surface area contributed by atoms with E-state index in [4.69, 9.17) is 4.74 Å². The zero-order valence-corrected chi connectivity index (χ0v) is 11.4. The second-order valence-corrected chi connectivity index (χ2v) is 5.13. The number of aromatic nitrogens is 1. The number of carbonyl (C=O) groups is 1. The van der Waals surface area contributed by atoms with Gasteiger partial charge in [-0.3, -0.25) is 4.79 Å². The van der Waals surface area contributed by atoms with Crippen LogP contribution in [0, 0.1) is 3.70 Å². The van der Waals surface area contributed by atoms with Gasteiger partial charge in [0.15, 0.2) is 0 Å². The molecule has 0 atom stereocenters. The third kappa shape index (κ3) is 2.84. The van der Waals surface area contributed by atoms with Crippen LogP contribution < -0.4 is 4.74 Å². The smallest absolute Gasteiger partial charge is 0.272 e. The van der Waals surface area contributed by atoms with Crippen LogP contribution >= 0.6 is 22.6 Å². The molecule has 5 heteroatoms. The first-order chi connectivity index (χ1) is 7.56. The second kappa shape index (κ2) is 4.57. The van der Waals surface area contributed by atoms with Gasteiger partial charge in [-0.05, 0) is 35.4 Å². The summed E-state index contributed by atoms with van der Waals surface area (Å²) in [6.07, 6.45) is 2.55. The lowest BCUT2D eigenvalue weighted by atomic mass is 10.3. The maximum absolute atomic E-state index is 11.8. The second-order valence-electron chi connectivity index (χ2n) is 4.03. The van der Waals surface area contributed by atoms with Gasteiger partial charge < -0.3 is 9.64 Å². The highest BCUT2D eigenvalue weighted by Crippen LogP contribution is 2.27. The molecule has 0 saturated heterocycles. The van der Waals surface area contributed by atoms with E-state index >= 15 is 0 Å². The van der Waals surface area contributed by atoms with Crippen LogP contribution in [0.1, 0.15) is 23.3 Å². The summed E-state index contributed by atoms with van der Waals surface area (Å²) in [6, 6.07) is 3.56. The molecule has 0 spiro atoms. The van der Waals surface area contributed by atoms with Crippen molar-refractivity contribution in [2.75, 3.05) is 14.1 Å². The zero-order chi connectivity index (χ0) is 11.7. The highest BCUT2D eigenvalue weighted by Gasteiger charge is 2.24. The van der Waals surface area contributed by atoms with Gasteiger partial charge in [-0.2, -0.15) is 0 Å². The lowest BCUT2D eigenvalue weighted by Gasteiger charge is -2.11. The molecule has 1 fully saturated rings. The molecule has 16 heavy (non-hydrogen) atoms. The highest BCUT2D eigenvalue weighted by molar-refractivity contribution is 14.1. The zero-order valence-electron chi connectivity index (χ0n) is 9.24. The lowest BCUT2D eigenvalue weighted by Crippen LogP contribution is -2.23. The fraction of sp³-hybridized carbons (Fsp3) is 0.455. The first-order valence-corrected chi connectivity index (χ1v) is 6.20. The van der Waals surface area contributed by atoms with Crippen molar-refractivity contribution >= 4 is 28.5 Å². The maximum atomic E-state index is 11.8. The van der Waals surface area contributed by atoms with E-state index in [1.54, 1.807) is 20.2 Å². The Morgan fingerprint density at radius 3 is 2.75 bits per heavy atom. The van der Waals surface area contributed by atoms with E-state index in [-0.39, 0.29) is 5.91 Å². The minimum Gasteiger partial charge on any atom is -0.490 e. The topological polar surface area (TPSA) is 42.4 Å². The fourth-order valence-corrected chi connectivity index (χ4v) is 1.83. The highest BCUT2D eigenvalue weighted by atomic mass is 127. The number of pyridine rings is 1. The lowest BCUT2D eigenvalue weighted by molar-refractivity contribution is 0.0821. The molecule has 1 amide bonds. The molecule has 0 aliphatic heterocycles. The number of hydrogen-bond donors (Lipinski definition) is 0. The summed E-state index contributed by atoms with van der Waals surface area (Å²) in [4.78, 5) is 17.5. The molecule has 0 bridgehead atoms. The number of rotatable bonds is 3. The van der Waals surface area contributed by atoms with Crippen molar-refractivity contribution in [2.24, 2.45) is 0 Å². The Bertz CT molecular complexity index is 416. The van der Waals surface area contributed by atoms with Crippen molar-refractivity contribution in [2.45, 2.75) is 18.9 Å². The van der Waals surface area contributed by atoms with Gasteiger partial charge in [0.2, 0.25) is 0 Å². The van der Waals surface area contributed by atoms with Crippen LogP contribution in [0.4, 0.5) is 0 Å². The van der Waals surface area contributed by atoms with Crippen LogP contribution in [-0.4, -0.2) is 36.0 Å². The predicted molar refractivity (Wildman–Crippen MR) is 68.6 cm³/mol. The van der Waals surface area contributed by atoms with Crippen molar-refractivity contribution in [1.82, 2.24) is 9.88 Å². The van der Waals surface area contributed by atoms with E-state index in [0.29, 0.717) is 11.8 Å². The fourth-order valence-electron chi connectivity index (χ4n) is 1.26. The summed E-state index contributed by atoms with van der Waals surface area (Å²) in [5.74, 6) is 0.645. The molecule has 1 saturated carbocycles. The average molecular weight is 332 g/mol. The van der Waals surface area contributed by atoms with Crippen molar-refractivity contribution in [3.8, 4) is 5.75 Å². The van der Waals surface area contributed by atoms with E-state index in [1.165, 1.54) is 4.90 Å². The molecule has 1 aromatic rings. The number of carbonyl (C=O) groups excluding carboxylic acids is 1. The minimum absolute atomic E-state index is 0.0980. The Morgan fingerprint density at radius 1 is 1.50 bits per heavy atom. The van der Waals surface area contributed by atoms with Crippen molar-refractivity contribution in [3.63, 3.8) is 0 Å². The molecule has 2 rings (SSSR count). The Kier molecular flexibility index (Phi) is 3.32. The predicted octanol–water partition coefficient (Wildman–Crippen LogP) is 1.93. The van der Waals surface area contributed by atoms with E-state index in [0.717, 1.165) is 22.3 Å². The Morgan fingerprint density at radius 2 is 2.19 bits per heavy atom. The molecule has 4 nitrogen and oxygen atoms in total. The first kappa shape index (κ1) is 11.6. The van der Waals surface area contributed by atoms with Crippen LogP contribution in [0.3, 0.4) is 0 Å². The number of hydrogen-bond acceptors (Lipinski definition) is 3. The van der Waals surface area contributed by atoms with E-state index in [9.17, 15) is 4.79 Å². The minimum atomic E-state index is -0.0980. The molecular weight excluding hydrogens is 319 g/mol. The Labute approximate surface area is 108 Å². The van der Waals surface area contributed by atoms with Gasteiger partial charge in [0.1, 0.15) is 15.1 Å². The Balaban J connectivity index is 2.23. The van der Waals surface area contributed by atoms with E-state index in [1.807, 2.05) is 6.07 Å². The van der Waals surface area contributed by atoms with Crippen LogP contribution in [0.25, 0.3) is 0 Å². The van der Waals surface area contributed by atoms with Gasteiger partial charge in [-0.1, -0.05) is 0 Å². The Hall–Kier alpha value is -0.850. The van der Waals surface area contributed by atoms with Gasteiger partial charge in [0.05, 0.1) is 6.10 Å². The molecule has 1 aromatic heterocycles. The number of nitrogens with zero attached hydrogens (tertiary/aromatic N) is 2. The van der Waals surface area contributed by atoms with Gasteiger partial charge in [-0.25, -0.2) is 4.98 Å². The molecule has 0 unspecified atom stereocenters. The summed E-state index contributed by atoms with van der Waals surface area (Å²) in [5, 5.41) is 0. The molecule has 1 aliphatic carbocycles. The summed E-state index contributed by atoms with van der Waals surface area (Å²) in [6.45, 7) is 0. The summed E-state index contributed by atoms with van der Waals surface area (Å²) in [5.41, 5.74) is 0.438. The quantitative estimate of drug-likeness (QED) is 0.627. The molecular formula is C11H13IN2O2. The molecule has 0 radical (unpaired) electrons. The summed E-state index contributed by atoms with van der Waals surface area (Å²) >= 11 is 2.09. The van der Waals surface area contributed by atoms with Gasteiger partial charge in [0.25, 0.3) is 5.91 Å². The average Bonchev–Trinajstić information content (AvgIpc) is 2.99. The van der Waals surface area contributed by atoms with Crippen LogP contribution in [0.5, 0.6) is 5.75 Å². The molecule has 1 heterocycles. The number of halogens is 1. The first-order valence-electron chi connectivity index (χ1n) is 5.12. The van der Waals surface area contributed by atoms with Gasteiger partial charge >= 0.3 is 0 Å². The third-order valence-corrected chi connectivity index (χ3v) is 2.77. The normalized spacial score (nSPS) is 14.7. The number of amides is 1. The molecule has 1 aliphatic rings. The van der Waals surface area contributed by atoms with E-state index < -0.39 is 0 Å². The van der Waals surface area contributed by atoms with Crippen molar-refractivity contribution in [3.05, 3.63) is 21.5 Å². The van der Waals surface area contributed by atoms with Crippen molar-refractivity contribution < 1.29 is 9.53 Å². The van der Waals surface area contributed by atoms with Crippen LogP contribution in [0.2, 0.25) is 0 Å². The summed E-state index contributed by atoms with van der Waals surface area (Å²) < 4.78 is 6.44. The largest absolute Gasteiger partial charge is 0.490 e. The summed E-state index contributed by atoms with van der Waals surface area (Å²) in [7, 11) is 3.43. The third-order valence-electron chi connectivity index (χ3n) is 2.22. The van der Waals surface area contributed by atoms with E-state index in [2.05, 4.69) is 27.6 Å². The number of ether oxygens (including phenoxy) is 1. The molecule has 86 valence electrons. The SMILES string of the molecule is CN(C)C(=O)c1cc(OC2CC2)cc(I)n1. The monoisotopic (exact) mass is 332 g/mol. The molecule has 0 aromatic carbocycles. The standard InChI is InChI=1S/C11H13IN2O2/c1-14(2)11(15)9-5-8(6-10(12)13-9)16-7-3-4-7/h5-7H,3-4H2,1-2H3. The van der Waals surface area contributed by atoms with Gasteiger partial charge in [0, 0.05) is 26.2 Å². The maximum Gasteiger partial charge on any atom is 0.272 e. The molecule has 0 N–H and O–H groups in total. The van der Waals surface area contributed by atoms with Crippen LogP contribution in [-0.2, 0) is 0 Å².